The molecule has 0 radical (unpaired) electrons. The van der Waals surface area contributed by atoms with Gasteiger partial charge in [-0.1, -0.05) is 0 Å². The summed E-state index contributed by atoms with van der Waals surface area (Å²) in [5, 5.41) is 0. The molecule has 3 unspecified atom stereocenters. The van der Waals surface area contributed by atoms with Gasteiger partial charge in [-0.05, 0) is 0 Å². The molecule has 0 saturated heterocycles. The van der Waals surface area contributed by atoms with Gasteiger partial charge in [0.05, 0.1) is 0 Å². The smallest absolute Gasteiger partial charge is 0.207 e. The van der Waals surface area contributed by atoms with Gasteiger partial charge in [0.1, 0.15) is 12.2 Å². The number of nitrogens with two attached hydrogens (primary N) is 1. The standard InChI is InChI=1S/C11H10F5NO2/c1-18-10-3(17)2-4(10)19-11-8(15)6(13)5(12)7(14)9(11)16/h3-4,10H,2,17H2,1H3. The topological polar surface area (TPSA) is 44.5 Å². The molecule has 1 aromatic carbocycles. The lowest BCUT2D eigenvalue weighted by Gasteiger charge is -2.40. The van der Waals surface area contributed by atoms with E-state index < -0.39 is 53.1 Å². The number of rotatable bonds is 3. The molecule has 1 saturated carbocycles. The van der Waals surface area contributed by atoms with Gasteiger partial charge in [-0.3, -0.25) is 0 Å². The highest BCUT2D eigenvalue weighted by Crippen LogP contribution is 2.33. The molecular weight excluding hydrogens is 273 g/mol. The zero-order chi connectivity index (χ0) is 14.3. The summed E-state index contributed by atoms with van der Waals surface area (Å²) in [5.74, 6) is -11.7. The van der Waals surface area contributed by atoms with E-state index in [9.17, 15) is 22.0 Å². The number of methoxy groups -OCH3 is 1. The summed E-state index contributed by atoms with van der Waals surface area (Å²) in [4.78, 5) is 0. The van der Waals surface area contributed by atoms with Gasteiger partial charge in [-0.15, -0.1) is 0 Å². The van der Waals surface area contributed by atoms with Crippen molar-refractivity contribution in [3.63, 3.8) is 0 Å². The fourth-order valence-corrected chi connectivity index (χ4v) is 1.90. The van der Waals surface area contributed by atoms with Crippen LogP contribution < -0.4 is 10.5 Å². The average Bonchev–Trinajstić information content (AvgIpc) is 2.38. The number of benzene rings is 1. The lowest BCUT2D eigenvalue weighted by molar-refractivity contribution is -0.0810. The molecule has 19 heavy (non-hydrogen) atoms. The van der Waals surface area contributed by atoms with Crippen molar-refractivity contribution in [3.8, 4) is 5.75 Å². The lowest BCUT2D eigenvalue weighted by atomic mass is 9.86. The SMILES string of the molecule is COC1C(N)CC1Oc1c(F)c(F)c(F)c(F)c1F. The van der Waals surface area contributed by atoms with Crippen LogP contribution in [0.5, 0.6) is 5.75 Å². The van der Waals surface area contributed by atoms with Crippen molar-refractivity contribution in [2.45, 2.75) is 24.7 Å². The second-order valence-corrected chi connectivity index (χ2v) is 4.16. The molecule has 1 aliphatic carbocycles. The predicted octanol–water partition coefficient (Wildman–Crippen LogP) is 1.88. The molecule has 3 nitrogen and oxygen atoms in total. The quantitative estimate of drug-likeness (QED) is 0.523. The fraction of sp³-hybridized carbons (Fsp3) is 0.455. The normalized spacial score (nSPS) is 26.2. The van der Waals surface area contributed by atoms with Crippen LogP contribution in [0.25, 0.3) is 0 Å². The van der Waals surface area contributed by atoms with Crippen LogP contribution in [-0.4, -0.2) is 25.4 Å². The number of halogens is 5. The third kappa shape index (κ3) is 2.14. The Labute approximate surface area is 105 Å². The van der Waals surface area contributed by atoms with Crippen molar-refractivity contribution in [2.75, 3.05) is 7.11 Å². The first kappa shape index (κ1) is 14.0. The van der Waals surface area contributed by atoms with E-state index in [2.05, 4.69) is 0 Å². The van der Waals surface area contributed by atoms with E-state index in [4.69, 9.17) is 15.2 Å². The van der Waals surface area contributed by atoms with Gasteiger partial charge in [-0.25, -0.2) is 13.2 Å². The van der Waals surface area contributed by atoms with Crippen LogP contribution in [0.3, 0.4) is 0 Å². The Morgan fingerprint density at radius 2 is 1.42 bits per heavy atom. The van der Waals surface area contributed by atoms with Gasteiger partial charge in [0.2, 0.25) is 29.1 Å². The maximum atomic E-state index is 13.3. The molecule has 2 rings (SSSR count). The molecule has 0 aliphatic heterocycles. The summed E-state index contributed by atoms with van der Waals surface area (Å²) >= 11 is 0. The fourth-order valence-electron chi connectivity index (χ4n) is 1.90. The highest BCUT2D eigenvalue weighted by Gasteiger charge is 2.42. The van der Waals surface area contributed by atoms with E-state index in [0.717, 1.165) is 0 Å². The second kappa shape index (κ2) is 4.93. The van der Waals surface area contributed by atoms with Crippen molar-refractivity contribution >= 4 is 0 Å². The highest BCUT2D eigenvalue weighted by atomic mass is 19.2. The van der Waals surface area contributed by atoms with Gasteiger partial charge in [-0.2, -0.15) is 8.78 Å². The van der Waals surface area contributed by atoms with Crippen molar-refractivity contribution in [1.29, 1.82) is 0 Å². The van der Waals surface area contributed by atoms with Gasteiger partial charge in [0.25, 0.3) is 0 Å². The molecule has 2 N–H and O–H groups in total. The van der Waals surface area contributed by atoms with E-state index in [1.807, 2.05) is 0 Å². The van der Waals surface area contributed by atoms with Crippen molar-refractivity contribution in [3.05, 3.63) is 29.1 Å². The Hall–Kier alpha value is -1.41. The third-order valence-electron chi connectivity index (χ3n) is 3.00. The van der Waals surface area contributed by atoms with E-state index in [-0.39, 0.29) is 6.42 Å². The summed E-state index contributed by atoms with van der Waals surface area (Å²) < 4.78 is 75.0. The van der Waals surface area contributed by atoms with Crippen LogP contribution in [0.15, 0.2) is 0 Å². The monoisotopic (exact) mass is 283 g/mol. The zero-order valence-electron chi connectivity index (χ0n) is 9.72. The van der Waals surface area contributed by atoms with E-state index in [1.54, 1.807) is 0 Å². The summed E-state index contributed by atoms with van der Waals surface area (Å²) in [6.45, 7) is 0. The molecule has 0 bridgehead atoms. The van der Waals surface area contributed by atoms with Gasteiger partial charge < -0.3 is 15.2 Å². The summed E-state index contributed by atoms with van der Waals surface area (Å²) in [6.07, 6.45) is -1.32. The summed E-state index contributed by atoms with van der Waals surface area (Å²) in [6, 6.07) is -0.406. The maximum Gasteiger partial charge on any atom is 0.207 e. The minimum atomic E-state index is -2.23. The largest absolute Gasteiger partial charge is 0.481 e. The van der Waals surface area contributed by atoms with Crippen LogP contribution in [0.1, 0.15) is 6.42 Å². The molecule has 0 spiro atoms. The molecule has 1 aliphatic rings. The molecule has 0 aromatic heterocycles. The minimum absolute atomic E-state index is 0.192. The molecule has 0 heterocycles. The first-order valence-corrected chi connectivity index (χ1v) is 5.35. The predicted molar refractivity (Wildman–Crippen MR) is 54.0 cm³/mol. The lowest BCUT2D eigenvalue weighted by Crippen LogP contribution is -2.59. The van der Waals surface area contributed by atoms with Crippen molar-refractivity contribution in [2.24, 2.45) is 5.73 Å². The van der Waals surface area contributed by atoms with Gasteiger partial charge in [0.15, 0.2) is 5.75 Å². The van der Waals surface area contributed by atoms with Crippen LogP contribution in [0.4, 0.5) is 22.0 Å². The Balaban J connectivity index is 2.31. The highest BCUT2D eigenvalue weighted by molar-refractivity contribution is 5.30. The third-order valence-corrected chi connectivity index (χ3v) is 3.00. The number of hydrogen-bond acceptors (Lipinski definition) is 3. The second-order valence-electron chi connectivity index (χ2n) is 4.16. The Morgan fingerprint density at radius 3 is 1.84 bits per heavy atom. The number of hydrogen-bond donors (Lipinski definition) is 1. The first-order valence-electron chi connectivity index (χ1n) is 5.35. The van der Waals surface area contributed by atoms with Crippen molar-refractivity contribution in [1.82, 2.24) is 0 Å². The van der Waals surface area contributed by atoms with Crippen molar-refractivity contribution < 1.29 is 31.4 Å². The maximum absolute atomic E-state index is 13.3. The number of ether oxygens (including phenoxy) is 2. The first-order chi connectivity index (χ1) is 8.88. The summed E-state index contributed by atoms with van der Waals surface area (Å²) in [5.41, 5.74) is 5.54. The Morgan fingerprint density at radius 1 is 0.947 bits per heavy atom. The molecule has 0 amide bonds. The van der Waals surface area contributed by atoms with Gasteiger partial charge in [0, 0.05) is 19.6 Å². The van der Waals surface area contributed by atoms with Crippen LogP contribution in [-0.2, 0) is 4.74 Å². The Bertz CT molecular complexity index is 481. The molecule has 1 aromatic rings. The molecule has 8 heteroatoms. The molecule has 3 atom stereocenters. The summed E-state index contributed by atoms with van der Waals surface area (Å²) in [7, 11) is 1.30. The van der Waals surface area contributed by atoms with Crippen LogP contribution in [0.2, 0.25) is 0 Å². The zero-order valence-corrected chi connectivity index (χ0v) is 9.72. The minimum Gasteiger partial charge on any atom is -0.481 e. The van der Waals surface area contributed by atoms with E-state index in [0.29, 0.717) is 0 Å². The van der Waals surface area contributed by atoms with E-state index >= 15 is 0 Å². The van der Waals surface area contributed by atoms with E-state index in [1.165, 1.54) is 7.11 Å². The molecular formula is C11H10F5NO2. The Kier molecular flexibility index (Phi) is 3.64. The van der Waals surface area contributed by atoms with Gasteiger partial charge >= 0.3 is 0 Å². The molecule has 1 fully saturated rings. The average molecular weight is 283 g/mol. The van der Waals surface area contributed by atoms with Crippen LogP contribution in [0, 0.1) is 29.1 Å². The molecule has 106 valence electrons. The van der Waals surface area contributed by atoms with Crippen LogP contribution >= 0.6 is 0 Å².